The zero-order chi connectivity index (χ0) is 42.0. The second-order valence-electron chi connectivity index (χ2n) is 16.6. The van der Waals surface area contributed by atoms with Gasteiger partial charge < -0.3 is 30.7 Å². The maximum atomic E-state index is 13.7. The fourth-order valence-electron chi connectivity index (χ4n) is 7.77. The van der Waals surface area contributed by atoms with Crippen LogP contribution in [0.1, 0.15) is 95.6 Å². The molecule has 0 spiro atoms. The number of fused-ring (bicyclic) bond motifs is 1. The number of likely N-dealkylation sites (tertiary alicyclic amines) is 1. The molecule has 14 heteroatoms. The molecule has 2 amide bonds. The minimum Gasteiger partial charge on any atom is -0.484 e. The van der Waals surface area contributed by atoms with Crippen molar-refractivity contribution < 1.29 is 19.4 Å². The van der Waals surface area contributed by atoms with Crippen molar-refractivity contribution in [3.8, 4) is 5.75 Å². The summed E-state index contributed by atoms with van der Waals surface area (Å²) in [7, 11) is 2.16. The van der Waals surface area contributed by atoms with E-state index in [9.17, 15) is 4.79 Å². The van der Waals surface area contributed by atoms with Crippen LogP contribution in [0.15, 0.2) is 83.6 Å². The third-order valence-corrected chi connectivity index (χ3v) is 11.2. The van der Waals surface area contributed by atoms with Crippen molar-refractivity contribution in [3.63, 3.8) is 0 Å². The molecule has 6 rings (SSSR count). The normalized spacial score (nSPS) is 21.9. The van der Waals surface area contributed by atoms with Crippen LogP contribution in [0.25, 0.3) is 0 Å². The quantitative estimate of drug-likeness (QED) is 0.0909. The Morgan fingerprint density at radius 2 is 1.66 bits per heavy atom. The molecule has 58 heavy (non-hydrogen) atoms. The van der Waals surface area contributed by atoms with E-state index in [1.165, 1.54) is 5.56 Å². The number of benzene rings is 2. The molecule has 3 aromatic rings. The van der Waals surface area contributed by atoms with E-state index in [4.69, 9.17) is 36.2 Å². The van der Waals surface area contributed by atoms with Gasteiger partial charge in [0.15, 0.2) is 0 Å². The lowest BCUT2D eigenvalue weighted by Crippen LogP contribution is -2.51. The van der Waals surface area contributed by atoms with Crippen LogP contribution in [0.2, 0.25) is 0 Å². The number of nitrogens with one attached hydrogen (secondary N) is 4. The van der Waals surface area contributed by atoms with Crippen molar-refractivity contribution >= 4 is 30.0 Å². The predicted molar refractivity (Wildman–Crippen MR) is 228 cm³/mol. The van der Waals surface area contributed by atoms with Gasteiger partial charge in [-0.15, -0.1) is 0 Å². The molecule has 0 bridgehead atoms. The molecule has 14 nitrogen and oxygen atoms in total. The summed E-state index contributed by atoms with van der Waals surface area (Å²) in [4.78, 5) is 33.9. The highest BCUT2D eigenvalue weighted by Gasteiger charge is 2.31. The van der Waals surface area contributed by atoms with Gasteiger partial charge in [-0.3, -0.25) is 30.4 Å². The molecule has 7 N–H and O–H groups in total. The first-order valence-corrected chi connectivity index (χ1v) is 20.3. The number of aromatic nitrogens is 1. The van der Waals surface area contributed by atoms with Gasteiger partial charge in [-0.2, -0.15) is 0 Å². The maximum Gasteiger partial charge on any atom is 0.320 e. The number of allylic oxidation sites excluding steroid dienone is 1. The number of ether oxygens (including phenoxy) is 1. The summed E-state index contributed by atoms with van der Waals surface area (Å²) in [6.07, 6.45) is 7.80. The fourth-order valence-corrected chi connectivity index (χ4v) is 7.77. The molecule has 0 radical (unpaired) electrons. The second kappa shape index (κ2) is 19.8. The average Bonchev–Trinajstić information content (AvgIpc) is 3.17. The standard InChI is InChI=1S/C43H60N10O2.CH2O2/c1-29-11-9-12-30(2)53(29)41(46)52-28-33(17-20-39(52)45)55-37-19-18-36(34-15-7-8-16-35(34)37)48-42(54)49-40(26-38(44)43(3,4)5)47-32-14-10-13-31(25-32)27-51-23-21-50(6)22-24-51;2-1-3/h7-8,10,13-17,20,25-26,28-30,36-37,45-46H,9,11-12,18-19,21-24,27,44H2,1-6H3,(H2,47,48,49,54);1H,(H,2,3)/b38-26-,45-39?,46-41?;. The zero-order valence-electron chi connectivity index (χ0n) is 34.9. The summed E-state index contributed by atoms with van der Waals surface area (Å²) in [5.41, 5.74) is 11.0. The molecule has 4 unspecified atom stereocenters. The number of pyridine rings is 1. The number of carbonyl (C=O) groups excluding carboxylic acids is 1. The van der Waals surface area contributed by atoms with Gasteiger partial charge in [-0.25, -0.2) is 9.79 Å². The van der Waals surface area contributed by atoms with Crippen molar-refractivity contribution in [3.05, 3.63) is 101 Å². The molecular formula is C44H62N10O4. The first-order valence-electron chi connectivity index (χ1n) is 20.3. The third kappa shape index (κ3) is 11.6. The number of likely N-dealkylation sites (N-methyl/N-ethyl adjacent to an activating group) is 1. The van der Waals surface area contributed by atoms with Crippen LogP contribution >= 0.6 is 0 Å². The number of amides is 2. The largest absolute Gasteiger partial charge is 0.484 e. The number of amidine groups is 1. The number of nitrogens with zero attached hydrogens (tertiary/aromatic N) is 5. The van der Waals surface area contributed by atoms with Crippen molar-refractivity contribution in [2.45, 2.75) is 97.5 Å². The number of hydrogen-bond donors (Lipinski definition) is 6. The van der Waals surface area contributed by atoms with E-state index in [1.807, 2.05) is 57.2 Å². The lowest BCUT2D eigenvalue weighted by atomic mass is 9.85. The highest BCUT2D eigenvalue weighted by Crippen LogP contribution is 2.38. The van der Waals surface area contributed by atoms with Crippen molar-refractivity contribution in [1.82, 2.24) is 29.9 Å². The number of piperidine rings is 1. The number of carboxylic acid groups (broad SMARTS) is 1. The summed E-state index contributed by atoms with van der Waals surface area (Å²) in [5.74, 6) is 1.27. The molecule has 2 aromatic carbocycles. The minimum atomic E-state index is -0.365. The summed E-state index contributed by atoms with van der Waals surface area (Å²) in [6, 6.07) is 19.6. The molecule has 2 saturated heterocycles. The molecule has 1 aliphatic carbocycles. The SMILES string of the molecule is CC1CCCC(C)N1C(=N)n1cc(OC2CCC(NC(=O)NC(/C=C(\N)C(C)(C)C)=Nc3cccc(CN4CCN(C)CC4)c3)c3ccccc32)ccc1=N.O=CO. The smallest absolute Gasteiger partial charge is 0.320 e. The Bertz CT molecular complexity index is 2000. The highest BCUT2D eigenvalue weighted by molar-refractivity contribution is 6.05. The van der Waals surface area contributed by atoms with Crippen LogP contribution in [0.5, 0.6) is 5.75 Å². The molecule has 312 valence electrons. The van der Waals surface area contributed by atoms with Crippen LogP contribution in [-0.4, -0.2) is 94.0 Å². The van der Waals surface area contributed by atoms with E-state index in [0.717, 1.165) is 68.8 Å². The number of piperazine rings is 1. The Labute approximate surface area is 342 Å². The minimum absolute atomic E-state index is 0.234. The average molecular weight is 795 g/mol. The number of hydrogen-bond acceptors (Lipinski definition) is 9. The number of aliphatic imine (C=N–C) groups is 1. The van der Waals surface area contributed by atoms with Gasteiger partial charge in [0.2, 0.25) is 5.96 Å². The Morgan fingerprint density at radius 1 is 0.983 bits per heavy atom. The Hall–Kier alpha value is -5.47. The third-order valence-electron chi connectivity index (χ3n) is 11.2. The van der Waals surface area contributed by atoms with Crippen molar-refractivity contribution in [1.29, 1.82) is 10.8 Å². The molecule has 2 aliphatic heterocycles. The van der Waals surface area contributed by atoms with Crippen LogP contribution in [0.4, 0.5) is 10.5 Å². The zero-order valence-corrected chi connectivity index (χ0v) is 34.9. The monoisotopic (exact) mass is 794 g/mol. The summed E-state index contributed by atoms with van der Waals surface area (Å²) >= 11 is 0. The van der Waals surface area contributed by atoms with E-state index >= 15 is 0 Å². The van der Waals surface area contributed by atoms with Gasteiger partial charge in [0.05, 0.1) is 17.9 Å². The maximum absolute atomic E-state index is 13.7. The van der Waals surface area contributed by atoms with E-state index in [1.54, 1.807) is 29.0 Å². The highest BCUT2D eigenvalue weighted by atomic mass is 16.5. The summed E-state index contributed by atoms with van der Waals surface area (Å²) < 4.78 is 8.21. The molecule has 3 heterocycles. The van der Waals surface area contributed by atoms with E-state index in [-0.39, 0.29) is 47.6 Å². The predicted octanol–water partition coefficient (Wildman–Crippen LogP) is 6.33. The topological polar surface area (TPSA) is 188 Å². The summed E-state index contributed by atoms with van der Waals surface area (Å²) in [6.45, 7) is 15.2. The molecular weight excluding hydrogens is 733 g/mol. The van der Waals surface area contributed by atoms with E-state index in [0.29, 0.717) is 36.1 Å². The molecule has 4 atom stereocenters. The number of rotatable bonds is 7. The van der Waals surface area contributed by atoms with Crippen molar-refractivity contribution in [2.24, 2.45) is 16.1 Å². The first kappa shape index (κ1) is 43.6. The number of urea groups is 1. The second-order valence-corrected chi connectivity index (χ2v) is 16.6. The Balaban J connectivity index is 0.00000207. The molecule has 0 saturated carbocycles. The fraction of sp³-hybridized carbons (Fsp3) is 0.477. The number of carbonyl (C=O) groups is 2. The van der Waals surface area contributed by atoms with Gasteiger partial charge in [0.25, 0.3) is 6.47 Å². The van der Waals surface area contributed by atoms with Gasteiger partial charge in [-0.1, -0.05) is 57.2 Å². The van der Waals surface area contributed by atoms with E-state index < -0.39 is 0 Å². The van der Waals surface area contributed by atoms with Gasteiger partial charge in [0, 0.05) is 62.0 Å². The van der Waals surface area contributed by atoms with Crippen molar-refractivity contribution in [2.75, 3.05) is 33.2 Å². The van der Waals surface area contributed by atoms with Gasteiger partial charge in [0.1, 0.15) is 23.2 Å². The number of nitrogens with two attached hydrogens (primary N) is 1. The van der Waals surface area contributed by atoms with E-state index in [2.05, 4.69) is 58.4 Å². The van der Waals surface area contributed by atoms with Gasteiger partial charge >= 0.3 is 6.03 Å². The Morgan fingerprint density at radius 3 is 2.33 bits per heavy atom. The molecule has 2 fully saturated rings. The van der Waals surface area contributed by atoms with Gasteiger partial charge in [-0.05, 0) is 94.0 Å². The lowest BCUT2D eigenvalue weighted by molar-refractivity contribution is -0.122. The molecule has 1 aromatic heterocycles. The summed E-state index contributed by atoms with van der Waals surface area (Å²) in [5, 5.41) is 30.7. The van der Waals surface area contributed by atoms with Crippen LogP contribution in [-0.2, 0) is 11.3 Å². The van der Waals surface area contributed by atoms with Crippen LogP contribution < -0.4 is 26.6 Å². The lowest BCUT2D eigenvalue weighted by Gasteiger charge is -2.41. The van der Waals surface area contributed by atoms with Crippen LogP contribution in [0, 0.1) is 16.2 Å². The Kier molecular flexibility index (Phi) is 14.9. The molecule has 3 aliphatic rings. The first-order chi connectivity index (χ1) is 27.7. The van der Waals surface area contributed by atoms with Crippen LogP contribution in [0.3, 0.4) is 0 Å².